The number of benzene rings is 1. The third kappa shape index (κ3) is 7.89. The summed E-state index contributed by atoms with van der Waals surface area (Å²) in [5, 5.41) is 27.9. The average molecular weight is 526 g/mol. The molecule has 1 aromatic rings. The minimum absolute atomic E-state index is 0.0140. The van der Waals surface area contributed by atoms with Gasteiger partial charge in [-0.15, -0.1) is 0 Å². The molecule has 1 aromatic carbocycles. The Kier molecular flexibility index (Phi) is 9.90. The van der Waals surface area contributed by atoms with Gasteiger partial charge in [-0.25, -0.2) is 9.18 Å². The van der Waals surface area contributed by atoms with E-state index in [1.54, 1.807) is 18.2 Å². The fourth-order valence-corrected chi connectivity index (χ4v) is 6.82. The molecular weight excluding hydrogens is 497 g/mol. The Morgan fingerprint density at radius 2 is 1.83 bits per heavy atom. The van der Waals surface area contributed by atoms with Crippen molar-refractivity contribution >= 4 is 45.1 Å². The molecule has 1 heterocycles. The molecule has 2 fully saturated rings. The van der Waals surface area contributed by atoms with Crippen molar-refractivity contribution in [2.24, 2.45) is 5.92 Å². The van der Waals surface area contributed by atoms with Crippen LogP contribution >= 0.6 is 21.6 Å². The number of aliphatic hydroxyl groups is 1. The average Bonchev–Trinajstić information content (AvgIpc) is 3.65. The maximum Gasteiger partial charge on any atom is 0.328 e. The number of hydrogen-bond donors (Lipinski definition) is 3. The zero-order valence-electron chi connectivity index (χ0n) is 19.0. The maximum atomic E-state index is 14.3. The van der Waals surface area contributed by atoms with Gasteiger partial charge in [0.1, 0.15) is 11.9 Å². The molecule has 0 radical (unpaired) electrons. The molecule has 1 aliphatic carbocycles. The minimum Gasteiger partial charge on any atom is -0.481 e. The number of halogens is 1. The van der Waals surface area contributed by atoms with E-state index < -0.39 is 29.9 Å². The maximum absolute atomic E-state index is 14.3. The lowest BCUT2D eigenvalue weighted by atomic mass is 9.89. The first-order chi connectivity index (χ1) is 16.7. The summed E-state index contributed by atoms with van der Waals surface area (Å²) in [7, 11) is 2.47. The highest BCUT2D eigenvalue weighted by atomic mass is 33.1. The second-order valence-electron chi connectivity index (χ2n) is 8.66. The van der Waals surface area contributed by atoms with Gasteiger partial charge < -0.3 is 15.3 Å². The molecule has 1 aliphatic heterocycles. The van der Waals surface area contributed by atoms with E-state index >= 15 is 0 Å². The van der Waals surface area contributed by atoms with Gasteiger partial charge in [0, 0.05) is 48.1 Å². The van der Waals surface area contributed by atoms with Crippen LogP contribution in [-0.2, 0) is 25.7 Å². The highest BCUT2D eigenvalue weighted by molar-refractivity contribution is 8.77. The highest BCUT2D eigenvalue weighted by Crippen LogP contribution is 2.42. The van der Waals surface area contributed by atoms with Crippen molar-refractivity contribution in [3.8, 4) is 0 Å². The lowest BCUT2D eigenvalue weighted by Gasteiger charge is -2.40. The second-order valence-corrected chi connectivity index (χ2v) is 11.3. The SMILES string of the molecule is O=C(O)/C=C1\C(SSCC(O)C(=O)CCC(=O)O)CCN(Cc2ccccc2F)C1C(=O)C1CC1. The van der Waals surface area contributed by atoms with Crippen molar-refractivity contribution in [1.82, 2.24) is 4.90 Å². The number of hydrogen-bond acceptors (Lipinski definition) is 8. The van der Waals surface area contributed by atoms with Crippen LogP contribution in [0.25, 0.3) is 0 Å². The summed E-state index contributed by atoms with van der Waals surface area (Å²) in [6.07, 6.45) is 1.11. The number of aliphatic carboxylic acids is 2. The van der Waals surface area contributed by atoms with E-state index in [1.807, 2.05) is 4.90 Å². The van der Waals surface area contributed by atoms with Gasteiger partial charge in [0.15, 0.2) is 11.6 Å². The molecule has 190 valence electrons. The van der Waals surface area contributed by atoms with Crippen LogP contribution in [0.2, 0.25) is 0 Å². The van der Waals surface area contributed by atoms with Crippen molar-refractivity contribution in [1.29, 1.82) is 0 Å². The second kappa shape index (κ2) is 12.7. The minimum atomic E-state index is -1.33. The van der Waals surface area contributed by atoms with E-state index in [0.717, 1.165) is 18.9 Å². The number of carboxylic acid groups (broad SMARTS) is 2. The predicted molar refractivity (Wildman–Crippen MR) is 130 cm³/mol. The summed E-state index contributed by atoms with van der Waals surface area (Å²) in [5.74, 6) is -3.44. The molecule has 2 aliphatic rings. The van der Waals surface area contributed by atoms with Gasteiger partial charge in [0.05, 0.1) is 12.5 Å². The standard InChI is InChI=1S/C24H28FNO7S2/c25-17-4-2-1-3-15(17)12-26-10-9-20(35-34-13-19(28)18(27)7-8-21(29)30)16(11-22(31)32)23(26)24(33)14-5-6-14/h1-4,11,14,19-20,23,28H,5-10,12-13H2,(H,29,30)(H,31,32)/b16-11+. The molecule has 3 atom stereocenters. The largest absolute Gasteiger partial charge is 0.481 e. The van der Waals surface area contributed by atoms with E-state index in [0.29, 0.717) is 24.1 Å². The molecular formula is C24H28FNO7S2. The Bertz CT molecular complexity index is 998. The van der Waals surface area contributed by atoms with Crippen LogP contribution in [-0.4, -0.2) is 73.4 Å². The van der Waals surface area contributed by atoms with Crippen LogP contribution in [0.4, 0.5) is 4.39 Å². The van der Waals surface area contributed by atoms with Crippen molar-refractivity contribution in [2.45, 2.75) is 56.0 Å². The molecule has 35 heavy (non-hydrogen) atoms. The smallest absolute Gasteiger partial charge is 0.328 e. The van der Waals surface area contributed by atoms with Crippen LogP contribution < -0.4 is 0 Å². The number of likely N-dealkylation sites (tertiary alicyclic amines) is 1. The van der Waals surface area contributed by atoms with E-state index in [1.165, 1.54) is 27.7 Å². The molecule has 3 unspecified atom stereocenters. The predicted octanol–water partition coefficient (Wildman–Crippen LogP) is 2.93. The first kappa shape index (κ1) is 27.4. The summed E-state index contributed by atoms with van der Waals surface area (Å²) in [6, 6.07) is 5.51. The highest BCUT2D eigenvalue weighted by Gasteiger charge is 2.44. The third-order valence-corrected chi connectivity index (χ3v) is 8.81. The number of carbonyl (C=O) groups is 4. The molecule has 0 amide bonds. The van der Waals surface area contributed by atoms with Gasteiger partial charge in [0.25, 0.3) is 0 Å². The van der Waals surface area contributed by atoms with Gasteiger partial charge in [-0.05, 0) is 30.9 Å². The molecule has 8 nitrogen and oxygen atoms in total. The number of Topliss-reactive ketones (excluding diaryl/α,β-unsaturated/α-hetero) is 2. The Hall–Kier alpha value is -2.21. The van der Waals surface area contributed by atoms with E-state index in [9.17, 15) is 33.8 Å². The lowest BCUT2D eigenvalue weighted by molar-refractivity contribution is -0.139. The first-order valence-electron chi connectivity index (χ1n) is 11.3. The summed E-state index contributed by atoms with van der Waals surface area (Å²) in [4.78, 5) is 49.3. The molecule has 0 bridgehead atoms. The van der Waals surface area contributed by atoms with Crippen LogP contribution in [0.3, 0.4) is 0 Å². The summed E-state index contributed by atoms with van der Waals surface area (Å²) >= 11 is 0. The Balaban J connectivity index is 1.73. The number of aliphatic hydroxyl groups excluding tert-OH is 1. The topological polar surface area (TPSA) is 132 Å². The lowest BCUT2D eigenvalue weighted by Crippen LogP contribution is -2.50. The fraction of sp³-hybridized carbons (Fsp3) is 0.500. The summed E-state index contributed by atoms with van der Waals surface area (Å²) < 4.78 is 14.3. The van der Waals surface area contributed by atoms with E-state index in [2.05, 4.69) is 0 Å². The third-order valence-electron chi connectivity index (χ3n) is 5.97. The normalized spacial score (nSPS) is 22.6. The first-order valence-corrected chi connectivity index (χ1v) is 13.7. The van der Waals surface area contributed by atoms with Crippen molar-refractivity contribution in [3.63, 3.8) is 0 Å². The van der Waals surface area contributed by atoms with Gasteiger partial charge in [0.2, 0.25) is 0 Å². The van der Waals surface area contributed by atoms with Gasteiger partial charge in [-0.3, -0.25) is 19.3 Å². The number of nitrogens with zero attached hydrogens (tertiary/aromatic N) is 1. The molecule has 1 saturated carbocycles. The Morgan fingerprint density at radius 1 is 1.11 bits per heavy atom. The molecule has 1 saturated heterocycles. The number of carboxylic acids is 2. The molecule has 0 spiro atoms. The zero-order chi connectivity index (χ0) is 25.5. The number of piperidine rings is 1. The number of carbonyl (C=O) groups excluding carboxylic acids is 2. The van der Waals surface area contributed by atoms with Crippen LogP contribution in [0.15, 0.2) is 35.9 Å². The van der Waals surface area contributed by atoms with E-state index in [-0.39, 0.29) is 47.9 Å². The summed E-state index contributed by atoms with van der Waals surface area (Å²) in [5.41, 5.74) is 0.862. The van der Waals surface area contributed by atoms with Crippen LogP contribution in [0, 0.1) is 11.7 Å². The molecule has 0 aromatic heterocycles. The Morgan fingerprint density at radius 3 is 2.46 bits per heavy atom. The molecule has 3 rings (SSSR count). The van der Waals surface area contributed by atoms with Crippen molar-refractivity contribution in [2.75, 3.05) is 12.3 Å². The Labute approximate surface area is 210 Å². The van der Waals surface area contributed by atoms with Gasteiger partial charge in [-0.2, -0.15) is 0 Å². The van der Waals surface area contributed by atoms with Crippen molar-refractivity contribution in [3.05, 3.63) is 47.3 Å². The quantitative estimate of drug-likeness (QED) is 0.261. The van der Waals surface area contributed by atoms with E-state index in [4.69, 9.17) is 5.11 Å². The van der Waals surface area contributed by atoms with Gasteiger partial charge >= 0.3 is 11.9 Å². The number of ketones is 2. The van der Waals surface area contributed by atoms with Crippen molar-refractivity contribution < 1.29 is 38.9 Å². The fourth-order valence-electron chi connectivity index (χ4n) is 4.01. The number of rotatable bonds is 13. The van der Waals surface area contributed by atoms with Crippen LogP contribution in [0.5, 0.6) is 0 Å². The zero-order valence-corrected chi connectivity index (χ0v) is 20.6. The molecule has 3 N–H and O–H groups in total. The summed E-state index contributed by atoms with van der Waals surface area (Å²) in [6.45, 7) is 0.626. The van der Waals surface area contributed by atoms with Gasteiger partial charge in [-0.1, -0.05) is 39.8 Å². The van der Waals surface area contributed by atoms with Crippen LogP contribution in [0.1, 0.15) is 37.7 Å². The molecule has 11 heteroatoms. The monoisotopic (exact) mass is 525 g/mol.